The fourth-order valence-electron chi connectivity index (χ4n) is 1.03. The minimum Gasteiger partial charge on any atom is -0.508 e. The fraction of sp³-hybridized carbons (Fsp3) is 0.222. The van der Waals surface area contributed by atoms with E-state index in [9.17, 15) is 4.79 Å². The van der Waals surface area contributed by atoms with Crippen molar-refractivity contribution in [2.24, 2.45) is 5.84 Å². The Morgan fingerprint density at radius 3 is 2.54 bits per heavy atom. The lowest BCUT2D eigenvalue weighted by Gasteiger charge is -2.07. The smallest absolute Gasteiger partial charge is 0.138 e. The van der Waals surface area contributed by atoms with Crippen molar-refractivity contribution in [1.29, 1.82) is 0 Å². The van der Waals surface area contributed by atoms with E-state index in [0.717, 1.165) is 11.8 Å². The highest BCUT2D eigenvalue weighted by molar-refractivity contribution is 5.58. The molecule has 1 atom stereocenters. The molecule has 13 heavy (non-hydrogen) atoms. The van der Waals surface area contributed by atoms with Crippen molar-refractivity contribution < 1.29 is 9.90 Å². The van der Waals surface area contributed by atoms with E-state index >= 15 is 0 Å². The molecule has 0 bridgehead atoms. The molecular formula is C9H12N2O2. The molecule has 0 aliphatic heterocycles. The van der Waals surface area contributed by atoms with Crippen LogP contribution in [-0.4, -0.2) is 17.4 Å². The number of phenols is 1. The number of carbonyl (C=O) groups is 1. The molecule has 0 spiro atoms. The van der Waals surface area contributed by atoms with Crippen molar-refractivity contribution >= 4 is 6.29 Å². The Labute approximate surface area is 76.3 Å². The van der Waals surface area contributed by atoms with E-state index < -0.39 is 0 Å². The molecule has 0 aromatic heterocycles. The number of phenolic OH excluding ortho intramolecular Hbond substituents is 1. The first-order valence-electron chi connectivity index (χ1n) is 3.95. The summed E-state index contributed by atoms with van der Waals surface area (Å²) in [6, 6.07) is 6.29. The van der Waals surface area contributed by atoms with E-state index in [1.807, 2.05) is 0 Å². The average Bonchev–Trinajstić information content (AvgIpc) is 2.17. The van der Waals surface area contributed by atoms with Gasteiger partial charge in [-0.05, 0) is 24.1 Å². The van der Waals surface area contributed by atoms with E-state index in [-0.39, 0.29) is 11.8 Å². The first-order chi connectivity index (χ1) is 6.26. The lowest BCUT2D eigenvalue weighted by molar-refractivity contribution is -0.109. The van der Waals surface area contributed by atoms with Crippen LogP contribution < -0.4 is 11.3 Å². The second-order valence-electron chi connectivity index (χ2n) is 2.78. The first-order valence-corrected chi connectivity index (χ1v) is 3.95. The molecule has 0 saturated heterocycles. The Balaban J connectivity index is 2.63. The highest BCUT2D eigenvalue weighted by Gasteiger charge is 2.04. The molecule has 0 amide bonds. The van der Waals surface area contributed by atoms with Crippen molar-refractivity contribution in [3.05, 3.63) is 29.8 Å². The molecule has 0 saturated carbocycles. The summed E-state index contributed by atoms with van der Waals surface area (Å²) in [5.41, 5.74) is 3.34. The molecule has 4 heteroatoms. The lowest BCUT2D eigenvalue weighted by atomic mass is 10.1. The molecule has 1 aromatic rings. The predicted molar refractivity (Wildman–Crippen MR) is 49.0 cm³/mol. The summed E-state index contributed by atoms with van der Waals surface area (Å²) in [5, 5.41) is 9.00. The molecule has 4 N–H and O–H groups in total. The van der Waals surface area contributed by atoms with Crippen LogP contribution in [0.2, 0.25) is 0 Å². The maximum Gasteiger partial charge on any atom is 0.138 e. The third kappa shape index (κ3) is 2.85. The quantitative estimate of drug-likeness (QED) is 0.345. The Hall–Kier alpha value is -1.39. The lowest BCUT2D eigenvalue weighted by Crippen LogP contribution is -2.37. The minimum atomic E-state index is -0.371. The fourth-order valence-corrected chi connectivity index (χ4v) is 1.03. The largest absolute Gasteiger partial charge is 0.508 e. The summed E-state index contributed by atoms with van der Waals surface area (Å²) in [6.45, 7) is 0. The van der Waals surface area contributed by atoms with Crippen molar-refractivity contribution in [3.8, 4) is 5.75 Å². The third-order valence-corrected chi connectivity index (χ3v) is 1.77. The molecule has 0 fully saturated rings. The Kier molecular flexibility index (Phi) is 3.42. The maximum absolute atomic E-state index is 10.4. The molecular weight excluding hydrogens is 168 g/mol. The second kappa shape index (κ2) is 4.59. The highest BCUT2D eigenvalue weighted by atomic mass is 16.3. The van der Waals surface area contributed by atoms with Gasteiger partial charge in [0.2, 0.25) is 0 Å². The van der Waals surface area contributed by atoms with Gasteiger partial charge in [0, 0.05) is 0 Å². The van der Waals surface area contributed by atoms with Crippen LogP contribution in [0, 0.1) is 0 Å². The highest BCUT2D eigenvalue weighted by Crippen LogP contribution is 2.10. The van der Waals surface area contributed by atoms with Crippen molar-refractivity contribution in [2.75, 3.05) is 0 Å². The zero-order chi connectivity index (χ0) is 9.68. The number of nitrogens with two attached hydrogens (primary N) is 1. The van der Waals surface area contributed by atoms with E-state index in [4.69, 9.17) is 10.9 Å². The Morgan fingerprint density at radius 2 is 2.08 bits per heavy atom. The van der Waals surface area contributed by atoms with Gasteiger partial charge in [0.05, 0.1) is 6.04 Å². The Morgan fingerprint density at radius 1 is 1.46 bits per heavy atom. The summed E-state index contributed by atoms with van der Waals surface area (Å²) < 4.78 is 0. The molecule has 1 rings (SSSR count). The number of hydrogen-bond acceptors (Lipinski definition) is 4. The number of benzene rings is 1. The number of rotatable bonds is 4. The average molecular weight is 180 g/mol. The van der Waals surface area contributed by atoms with Crippen LogP contribution >= 0.6 is 0 Å². The minimum absolute atomic E-state index is 0.215. The van der Waals surface area contributed by atoms with E-state index in [1.165, 1.54) is 0 Å². The molecule has 0 aliphatic carbocycles. The predicted octanol–water partition coefficient (Wildman–Crippen LogP) is -0.0345. The van der Waals surface area contributed by atoms with Crippen LogP contribution in [0.3, 0.4) is 0 Å². The van der Waals surface area contributed by atoms with Crippen LogP contribution in [0.25, 0.3) is 0 Å². The van der Waals surface area contributed by atoms with E-state index in [1.54, 1.807) is 24.3 Å². The molecule has 0 heterocycles. The number of carbonyl (C=O) groups excluding carboxylic acids is 1. The van der Waals surface area contributed by atoms with E-state index in [2.05, 4.69) is 5.43 Å². The van der Waals surface area contributed by atoms with Gasteiger partial charge in [0.25, 0.3) is 0 Å². The second-order valence-corrected chi connectivity index (χ2v) is 2.78. The van der Waals surface area contributed by atoms with Gasteiger partial charge in [-0.15, -0.1) is 0 Å². The monoisotopic (exact) mass is 180 g/mol. The SMILES string of the molecule is NN[C@H](C=O)Cc1ccc(O)cc1. The van der Waals surface area contributed by atoms with Gasteiger partial charge in [-0.3, -0.25) is 5.84 Å². The van der Waals surface area contributed by atoms with Gasteiger partial charge in [-0.25, -0.2) is 5.43 Å². The third-order valence-electron chi connectivity index (χ3n) is 1.77. The standard InChI is InChI=1S/C9H12N2O2/c10-11-8(6-12)5-7-1-3-9(13)4-2-7/h1-4,6,8,11,13H,5,10H2/t8-/m0/s1. The molecule has 0 unspecified atom stereocenters. The topological polar surface area (TPSA) is 75.3 Å². The van der Waals surface area contributed by atoms with Gasteiger partial charge in [0.1, 0.15) is 12.0 Å². The molecule has 0 aliphatic rings. The summed E-state index contributed by atoms with van der Waals surface area (Å²) in [7, 11) is 0. The van der Waals surface area contributed by atoms with Crippen LogP contribution in [0.5, 0.6) is 5.75 Å². The number of aldehydes is 1. The van der Waals surface area contributed by atoms with Crippen LogP contribution in [0.1, 0.15) is 5.56 Å². The van der Waals surface area contributed by atoms with Gasteiger partial charge in [0.15, 0.2) is 0 Å². The number of hydrazine groups is 1. The van der Waals surface area contributed by atoms with Crippen molar-refractivity contribution in [3.63, 3.8) is 0 Å². The Bertz CT molecular complexity index is 271. The first kappa shape index (κ1) is 9.70. The van der Waals surface area contributed by atoms with Gasteiger partial charge >= 0.3 is 0 Å². The molecule has 70 valence electrons. The summed E-state index contributed by atoms with van der Waals surface area (Å²) in [6.07, 6.45) is 1.28. The number of aromatic hydroxyl groups is 1. The van der Waals surface area contributed by atoms with Crippen molar-refractivity contribution in [1.82, 2.24) is 5.43 Å². The van der Waals surface area contributed by atoms with E-state index in [0.29, 0.717) is 6.42 Å². The van der Waals surface area contributed by atoms with Crippen LogP contribution in [-0.2, 0) is 11.2 Å². The van der Waals surface area contributed by atoms with Gasteiger partial charge < -0.3 is 9.90 Å². The normalized spacial score (nSPS) is 12.4. The zero-order valence-electron chi connectivity index (χ0n) is 7.10. The summed E-state index contributed by atoms with van der Waals surface area (Å²) in [4.78, 5) is 10.4. The number of nitrogens with one attached hydrogen (secondary N) is 1. The zero-order valence-corrected chi connectivity index (χ0v) is 7.10. The van der Waals surface area contributed by atoms with Crippen molar-refractivity contribution in [2.45, 2.75) is 12.5 Å². The number of hydrogen-bond donors (Lipinski definition) is 3. The van der Waals surface area contributed by atoms with Crippen LogP contribution in [0.4, 0.5) is 0 Å². The molecule has 4 nitrogen and oxygen atoms in total. The molecule has 1 aromatic carbocycles. The summed E-state index contributed by atoms with van der Waals surface area (Å²) >= 11 is 0. The van der Waals surface area contributed by atoms with Gasteiger partial charge in [-0.1, -0.05) is 12.1 Å². The maximum atomic E-state index is 10.4. The van der Waals surface area contributed by atoms with Gasteiger partial charge in [-0.2, -0.15) is 0 Å². The summed E-state index contributed by atoms with van der Waals surface area (Å²) in [5.74, 6) is 5.35. The van der Waals surface area contributed by atoms with Crippen LogP contribution in [0.15, 0.2) is 24.3 Å². The molecule has 0 radical (unpaired) electrons.